The molecule has 0 aromatic heterocycles. The summed E-state index contributed by atoms with van der Waals surface area (Å²) in [5, 5.41) is 7.23. The Hall–Kier alpha value is 0.340. The second-order valence-corrected chi connectivity index (χ2v) is 3.64. The van der Waals surface area contributed by atoms with Crippen molar-refractivity contribution in [2.75, 3.05) is 5.88 Å². The predicted molar refractivity (Wildman–Crippen MR) is 46.9 cm³/mol. The zero-order valence-corrected chi connectivity index (χ0v) is 8.03. The van der Waals surface area contributed by atoms with Crippen LogP contribution in [0.3, 0.4) is 0 Å². The van der Waals surface area contributed by atoms with Crippen molar-refractivity contribution in [3.63, 3.8) is 0 Å². The van der Waals surface area contributed by atoms with Gasteiger partial charge in [0.1, 0.15) is 5.38 Å². The Kier molecular flexibility index (Phi) is 6.11. The van der Waals surface area contributed by atoms with Crippen molar-refractivity contribution in [1.29, 1.82) is 0 Å². The summed E-state index contributed by atoms with van der Waals surface area (Å²) in [4.78, 5) is 10.2. The van der Waals surface area contributed by atoms with Gasteiger partial charge in [0.05, 0.1) is 0 Å². The van der Waals surface area contributed by atoms with E-state index in [4.69, 9.17) is 39.9 Å². The van der Waals surface area contributed by atoms with Crippen LogP contribution < -0.4 is 0 Å². The Balaban J connectivity index is 3.56. The van der Waals surface area contributed by atoms with Crippen molar-refractivity contribution in [2.24, 2.45) is 0 Å². The summed E-state index contributed by atoms with van der Waals surface area (Å²) >= 11 is 16.5. The van der Waals surface area contributed by atoms with Gasteiger partial charge in [-0.3, -0.25) is 4.79 Å². The van der Waals surface area contributed by atoms with Crippen molar-refractivity contribution in [1.82, 2.24) is 0 Å². The van der Waals surface area contributed by atoms with E-state index in [0.717, 1.165) is 0 Å². The van der Waals surface area contributed by atoms with Crippen molar-refractivity contribution in [2.45, 2.75) is 23.6 Å². The molecule has 0 heterocycles. The first kappa shape index (κ1) is 11.3. The summed E-state index contributed by atoms with van der Waals surface area (Å²) in [5.41, 5.74) is 0. The molecule has 0 saturated carbocycles. The van der Waals surface area contributed by atoms with Crippen LogP contribution in [-0.2, 0) is 4.79 Å². The van der Waals surface area contributed by atoms with Crippen molar-refractivity contribution < 1.29 is 9.90 Å². The smallest absolute Gasteiger partial charge is 0.321 e. The van der Waals surface area contributed by atoms with Crippen LogP contribution in [0.2, 0.25) is 0 Å². The minimum Gasteiger partial charge on any atom is -0.480 e. The van der Waals surface area contributed by atoms with Gasteiger partial charge in [-0.25, -0.2) is 0 Å². The summed E-state index contributed by atoms with van der Waals surface area (Å²) in [6, 6.07) is 0. The molecule has 0 aromatic carbocycles. The maximum absolute atomic E-state index is 10.2. The molecule has 0 fully saturated rings. The lowest BCUT2D eigenvalue weighted by Crippen LogP contribution is -2.18. The fourth-order valence-corrected chi connectivity index (χ4v) is 1.53. The molecule has 0 bridgehead atoms. The highest BCUT2D eigenvalue weighted by atomic mass is 35.5. The molecular weight excluding hydrogens is 210 g/mol. The van der Waals surface area contributed by atoms with Gasteiger partial charge in [-0.1, -0.05) is 0 Å². The fraction of sp³-hybridized carbons (Fsp3) is 0.833. The van der Waals surface area contributed by atoms with Gasteiger partial charge < -0.3 is 5.11 Å². The average molecular weight is 219 g/mol. The number of aliphatic carboxylic acids is 1. The molecule has 0 aliphatic heterocycles. The number of halogens is 3. The van der Waals surface area contributed by atoms with E-state index in [9.17, 15) is 4.79 Å². The molecule has 0 aromatic rings. The van der Waals surface area contributed by atoms with Gasteiger partial charge in [0, 0.05) is 11.3 Å². The van der Waals surface area contributed by atoms with Gasteiger partial charge >= 0.3 is 5.97 Å². The Morgan fingerprint density at radius 3 is 2.36 bits per heavy atom. The third-order valence-corrected chi connectivity index (χ3v) is 2.13. The van der Waals surface area contributed by atoms with Gasteiger partial charge in [-0.05, 0) is 12.8 Å². The molecule has 66 valence electrons. The monoisotopic (exact) mass is 218 g/mol. The molecule has 0 rings (SSSR count). The number of carboxylic acids is 1. The van der Waals surface area contributed by atoms with Gasteiger partial charge in [0.15, 0.2) is 0 Å². The van der Waals surface area contributed by atoms with E-state index in [1.165, 1.54) is 0 Å². The molecular formula is C6H9Cl3O2. The van der Waals surface area contributed by atoms with Crippen LogP contribution in [0.15, 0.2) is 0 Å². The van der Waals surface area contributed by atoms with Crippen LogP contribution in [0.25, 0.3) is 0 Å². The Morgan fingerprint density at radius 2 is 2.00 bits per heavy atom. The topological polar surface area (TPSA) is 37.3 Å². The van der Waals surface area contributed by atoms with Crippen LogP contribution in [-0.4, -0.2) is 27.7 Å². The summed E-state index contributed by atoms with van der Waals surface area (Å²) < 4.78 is 0. The highest BCUT2D eigenvalue weighted by Crippen LogP contribution is 2.14. The molecule has 0 aliphatic carbocycles. The maximum Gasteiger partial charge on any atom is 0.321 e. The first-order chi connectivity index (χ1) is 5.07. The Labute approximate surface area is 80.4 Å². The summed E-state index contributed by atoms with van der Waals surface area (Å²) in [6.07, 6.45) is 0.838. The second-order valence-electron chi connectivity index (χ2n) is 2.12. The quantitative estimate of drug-likeness (QED) is 0.721. The lowest BCUT2D eigenvalue weighted by molar-refractivity contribution is -0.136. The second kappa shape index (κ2) is 5.92. The number of hydrogen-bond acceptors (Lipinski definition) is 1. The van der Waals surface area contributed by atoms with Crippen LogP contribution in [0.1, 0.15) is 12.8 Å². The molecule has 0 spiro atoms. The molecule has 11 heavy (non-hydrogen) atoms. The SMILES string of the molecule is O=C(O)C(Cl)CC(Cl)CCCl. The number of carbonyl (C=O) groups is 1. The van der Waals surface area contributed by atoms with Gasteiger partial charge in [0.2, 0.25) is 0 Å². The normalized spacial score (nSPS) is 15.9. The third kappa shape index (κ3) is 5.59. The largest absolute Gasteiger partial charge is 0.480 e. The molecule has 1 N–H and O–H groups in total. The van der Waals surface area contributed by atoms with Crippen molar-refractivity contribution in [3.05, 3.63) is 0 Å². The fourth-order valence-electron chi connectivity index (χ4n) is 0.562. The Bertz CT molecular complexity index is 129. The highest BCUT2D eigenvalue weighted by molar-refractivity contribution is 6.30. The zero-order valence-electron chi connectivity index (χ0n) is 5.77. The van der Waals surface area contributed by atoms with Gasteiger partial charge in [0.25, 0.3) is 0 Å². The number of alkyl halides is 3. The molecule has 2 unspecified atom stereocenters. The van der Waals surface area contributed by atoms with E-state index in [2.05, 4.69) is 0 Å². The molecule has 0 radical (unpaired) electrons. The van der Waals surface area contributed by atoms with E-state index in [-0.39, 0.29) is 11.8 Å². The van der Waals surface area contributed by atoms with Crippen molar-refractivity contribution in [3.8, 4) is 0 Å². The third-order valence-electron chi connectivity index (χ3n) is 1.15. The van der Waals surface area contributed by atoms with Gasteiger partial charge in [-0.2, -0.15) is 0 Å². The van der Waals surface area contributed by atoms with Gasteiger partial charge in [-0.15, -0.1) is 34.8 Å². The van der Waals surface area contributed by atoms with E-state index in [1.807, 2.05) is 0 Å². The van der Waals surface area contributed by atoms with Crippen LogP contribution >= 0.6 is 34.8 Å². The maximum atomic E-state index is 10.2. The standard InChI is InChI=1S/C6H9Cl3O2/c7-2-1-4(8)3-5(9)6(10)11/h4-5H,1-3H2,(H,10,11). The number of carboxylic acid groups (broad SMARTS) is 1. The molecule has 2 nitrogen and oxygen atoms in total. The first-order valence-corrected chi connectivity index (χ1v) is 4.55. The molecule has 5 heteroatoms. The summed E-state index contributed by atoms with van der Waals surface area (Å²) in [7, 11) is 0. The van der Waals surface area contributed by atoms with E-state index in [1.54, 1.807) is 0 Å². The zero-order chi connectivity index (χ0) is 8.85. The van der Waals surface area contributed by atoms with E-state index in [0.29, 0.717) is 12.3 Å². The Morgan fingerprint density at radius 1 is 1.45 bits per heavy atom. The van der Waals surface area contributed by atoms with Crippen molar-refractivity contribution >= 4 is 40.8 Å². The lowest BCUT2D eigenvalue weighted by atomic mass is 10.2. The van der Waals surface area contributed by atoms with Crippen LogP contribution in [0.4, 0.5) is 0 Å². The highest BCUT2D eigenvalue weighted by Gasteiger charge is 2.17. The van der Waals surface area contributed by atoms with E-state index < -0.39 is 11.3 Å². The number of rotatable bonds is 5. The lowest BCUT2D eigenvalue weighted by Gasteiger charge is -2.08. The summed E-state index contributed by atoms with van der Waals surface area (Å²) in [5.74, 6) is -0.607. The molecule has 0 saturated heterocycles. The first-order valence-electron chi connectivity index (χ1n) is 3.14. The predicted octanol–water partition coefficient (Wildman–Crippen LogP) is 2.30. The number of hydrogen-bond donors (Lipinski definition) is 1. The van der Waals surface area contributed by atoms with E-state index >= 15 is 0 Å². The average Bonchev–Trinajstić information content (AvgIpc) is 1.87. The van der Waals surface area contributed by atoms with Crippen LogP contribution in [0.5, 0.6) is 0 Å². The minimum atomic E-state index is -1.04. The molecule has 2 atom stereocenters. The summed E-state index contributed by atoms with van der Waals surface area (Å²) in [6.45, 7) is 0. The molecule has 0 amide bonds. The minimum absolute atomic E-state index is 0.244. The molecule has 0 aliphatic rings. The van der Waals surface area contributed by atoms with Crippen LogP contribution in [0, 0.1) is 0 Å².